The molecule has 2 amide bonds. The summed E-state index contributed by atoms with van der Waals surface area (Å²) >= 11 is 1.17. The summed E-state index contributed by atoms with van der Waals surface area (Å²) in [7, 11) is 0. The first-order valence-electron chi connectivity index (χ1n) is 10.6. The van der Waals surface area contributed by atoms with Gasteiger partial charge in [0.15, 0.2) is 5.78 Å². The Labute approximate surface area is 184 Å². The molecule has 1 aromatic rings. The first-order chi connectivity index (χ1) is 14.3. The van der Waals surface area contributed by atoms with Gasteiger partial charge < -0.3 is 15.4 Å². The van der Waals surface area contributed by atoms with Gasteiger partial charge in [0.2, 0.25) is 5.91 Å². The Balaban J connectivity index is 1.43. The number of anilines is 1. The summed E-state index contributed by atoms with van der Waals surface area (Å²) in [4.78, 5) is 37.6. The van der Waals surface area contributed by atoms with Crippen molar-refractivity contribution >= 4 is 34.1 Å². The van der Waals surface area contributed by atoms with E-state index < -0.39 is 40.1 Å². The SMILES string of the molecule is CC(C)(C)OC(=O)NCC(=O)c1ccsc1NC(=O)C12CC3CC(F)(CC(F)(C3)C1)C2. The molecule has 4 fully saturated rings. The second-order valence-electron chi connectivity index (χ2n) is 10.5. The van der Waals surface area contributed by atoms with E-state index in [1.54, 1.807) is 32.2 Å². The fourth-order valence-electron chi connectivity index (χ4n) is 5.88. The first-order valence-corrected chi connectivity index (χ1v) is 11.5. The third-order valence-electron chi connectivity index (χ3n) is 6.40. The van der Waals surface area contributed by atoms with Crippen LogP contribution in [0, 0.1) is 11.3 Å². The average Bonchev–Trinajstić information content (AvgIpc) is 3.03. The lowest BCUT2D eigenvalue weighted by molar-refractivity contribution is -0.182. The van der Waals surface area contributed by atoms with Crippen LogP contribution in [-0.2, 0) is 9.53 Å². The normalized spacial score (nSPS) is 33.8. The van der Waals surface area contributed by atoms with E-state index in [1.807, 2.05) is 0 Å². The number of hydrogen-bond acceptors (Lipinski definition) is 5. The van der Waals surface area contributed by atoms with E-state index in [0.717, 1.165) is 0 Å². The van der Waals surface area contributed by atoms with Crippen LogP contribution in [0.3, 0.4) is 0 Å². The van der Waals surface area contributed by atoms with Gasteiger partial charge in [-0.15, -0.1) is 11.3 Å². The summed E-state index contributed by atoms with van der Waals surface area (Å²) in [5, 5.41) is 7.17. The Hall–Kier alpha value is -2.03. The predicted octanol–water partition coefficient (Wildman–Crippen LogP) is 4.79. The first kappa shape index (κ1) is 22.2. The van der Waals surface area contributed by atoms with Crippen LogP contribution in [0.5, 0.6) is 0 Å². The summed E-state index contributed by atoms with van der Waals surface area (Å²) in [6.45, 7) is 4.86. The molecule has 0 aromatic carbocycles. The second kappa shape index (κ2) is 7.25. The van der Waals surface area contributed by atoms with E-state index in [-0.39, 0.29) is 37.3 Å². The van der Waals surface area contributed by atoms with Gasteiger partial charge in [0.05, 0.1) is 17.5 Å². The third-order valence-corrected chi connectivity index (χ3v) is 7.23. The zero-order chi connectivity index (χ0) is 22.7. The number of nitrogens with one attached hydrogen (secondary N) is 2. The Morgan fingerprint density at radius 3 is 2.35 bits per heavy atom. The van der Waals surface area contributed by atoms with Gasteiger partial charge in [-0.2, -0.15) is 0 Å². The maximum atomic E-state index is 15.2. The van der Waals surface area contributed by atoms with E-state index >= 15 is 8.78 Å². The summed E-state index contributed by atoms with van der Waals surface area (Å²) in [5.41, 5.74) is -4.77. The van der Waals surface area contributed by atoms with E-state index in [9.17, 15) is 14.4 Å². The molecule has 0 radical (unpaired) electrons. The lowest BCUT2D eigenvalue weighted by Gasteiger charge is -2.60. The van der Waals surface area contributed by atoms with Crippen LogP contribution in [0.25, 0.3) is 0 Å². The number of ether oxygens (including phenoxy) is 1. The third kappa shape index (κ3) is 4.47. The molecular formula is C22H28F2N2O4S. The molecule has 1 heterocycles. The molecule has 2 N–H and O–H groups in total. The van der Waals surface area contributed by atoms with Crippen LogP contribution >= 0.6 is 11.3 Å². The molecule has 0 spiro atoms. The fourth-order valence-corrected chi connectivity index (χ4v) is 6.68. The van der Waals surface area contributed by atoms with Crippen LogP contribution in [0.1, 0.15) is 69.7 Å². The van der Waals surface area contributed by atoms with Crippen LogP contribution in [-0.4, -0.2) is 41.3 Å². The maximum Gasteiger partial charge on any atom is 0.408 e. The number of amides is 2. The Bertz CT molecular complexity index is 907. The van der Waals surface area contributed by atoms with Gasteiger partial charge >= 0.3 is 6.09 Å². The Morgan fingerprint density at radius 2 is 1.77 bits per heavy atom. The highest BCUT2D eigenvalue weighted by Gasteiger charge is 2.67. The molecule has 2 atom stereocenters. The highest BCUT2D eigenvalue weighted by Crippen LogP contribution is 2.65. The number of carbonyl (C=O) groups excluding carboxylic acids is 3. The van der Waals surface area contributed by atoms with Gasteiger partial charge in [0, 0.05) is 6.42 Å². The number of rotatable bonds is 5. The average molecular weight is 455 g/mol. The van der Waals surface area contributed by atoms with Crippen LogP contribution in [0.4, 0.5) is 18.6 Å². The van der Waals surface area contributed by atoms with Gasteiger partial charge in [-0.05, 0) is 70.2 Å². The highest BCUT2D eigenvalue weighted by atomic mass is 32.1. The van der Waals surface area contributed by atoms with Crippen molar-refractivity contribution < 1.29 is 27.9 Å². The minimum atomic E-state index is -1.63. The molecule has 9 heteroatoms. The quantitative estimate of drug-likeness (QED) is 0.627. The molecule has 4 bridgehead atoms. The minimum absolute atomic E-state index is 0.0306. The van der Waals surface area contributed by atoms with E-state index in [2.05, 4.69) is 10.6 Å². The number of ketones is 1. The molecule has 4 aliphatic rings. The number of alkyl carbamates (subject to hydrolysis) is 1. The summed E-state index contributed by atoms with van der Waals surface area (Å²) in [6, 6.07) is 1.56. The number of thiophene rings is 1. The van der Waals surface area contributed by atoms with Gasteiger partial charge in [-0.25, -0.2) is 13.6 Å². The zero-order valence-electron chi connectivity index (χ0n) is 18.0. The van der Waals surface area contributed by atoms with E-state index in [0.29, 0.717) is 24.3 Å². The molecule has 0 saturated heterocycles. The van der Waals surface area contributed by atoms with Crippen molar-refractivity contribution in [1.29, 1.82) is 0 Å². The number of Topliss-reactive ketones (excluding diaryl/α,β-unsaturated/α-hetero) is 1. The molecule has 2 unspecified atom stereocenters. The molecule has 0 aliphatic heterocycles. The van der Waals surface area contributed by atoms with Crippen molar-refractivity contribution in [2.24, 2.45) is 11.3 Å². The van der Waals surface area contributed by atoms with Gasteiger partial charge in [-0.3, -0.25) is 9.59 Å². The number of alkyl halides is 2. The van der Waals surface area contributed by atoms with Gasteiger partial charge in [0.1, 0.15) is 21.9 Å². The molecule has 4 aliphatic carbocycles. The topological polar surface area (TPSA) is 84.5 Å². The van der Waals surface area contributed by atoms with E-state index in [4.69, 9.17) is 4.74 Å². The van der Waals surface area contributed by atoms with Crippen molar-refractivity contribution in [3.8, 4) is 0 Å². The second-order valence-corrected chi connectivity index (χ2v) is 11.4. The standard InChI is InChI=1S/C22H28F2N2O4S/c1-19(2,3)30-18(29)25-9-15(27)14-4-5-31-16(14)26-17(28)20-6-13-7-21(23,10-20)12-22(24,8-13)11-20/h4-5,13H,6-12H2,1-3H3,(H,25,29)(H,26,28). The summed E-state index contributed by atoms with van der Waals surface area (Å²) in [6.07, 6.45) is 0.359. The highest BCUT2D eigenvalue weighted by molar-refractivity contribution is 7.14. The number of hydrogen-bond donors (Lipinski definition) is 2. The van der Waals surface area contributed by atoms with Crippen molar-refractivity contribution in [2.45, 2.75) is 76.2 Å². The smallest absolute Gasteiger partial charge is 0.408 e. The minimum Gasteiger partial charge on any atom is -0.444 e. The van der Waals surface area contributed by atoms with Crippen LogP contribution < -0.4 is 10.6 Å². The monoisotopic (exact) mass is 454 g/mol. The van der Waals surface area contributed by atoms with Gasteiger partial charge in [-0.1, -0.05) is 0 Å². The van der Waals surface area contributed by atoms with Gasteiger partial charge in [0.25, 0.3) is 0 Å². The summed E-state index contributed by atoms with van der Waals surface area (Å²) < 4.78 is 35.5. The fraction of sp³-hybridized carbons (Fsp3) is 0.682. The van der Waals surface area contributed by atoms with Crippen molar-refractivity contribution in [1.82, 2.24) is 5.32 Å². The lowest BCUT2D eigenvalue weighted by atomic mass is 9.47. The molecule has 1 aromatic heterocycles. The van der Waals surface area contributed by atoms with E-state index in [1.165, 1.54) is 11.3 Å². The largest absolute Gasteiger partial charge is 0.444 e. The Morgan fingerprint density at radius 1 is 1.13 bits per heavy atom. The predicted molar refractivity (Wildman–Crippen MR) is 113 cm³/mol. The van der Waals surface area contributed by atoms with Crippen LogP contribution in [0.2, 0.25) is 0 Å². The molecular weight excluding hydrogens is 426 g/mol. The van der Waals surface area contributed by atoms with Crippen molar-refractivity contribution in [3.05, 3.63) is 17.0 Å². The lowest BCUT2D eigenvalue weighted by Crippen LogP contribution is -2.63. The van der Waals surface area contributed by atoms with Crippen molar-refractivity contribution in [2.75, 3.05) is 11.9 Å². The van der Waals surface area contributed by atoms with Crippen molar-refractivity contribution in [3.63, 3.8) is 0 Å². The molecule has 170 valence electrons. The molecule has 5 rings (SSSR count). The number of carbonyl (C=O) groups is 3. The molecule has 6 nitrogen and oxygen atoms in total. The molecule has 4 saturated carbocycles. The Kier molecular flexibility index (Phi) is 5.19. The van der Waals surface area contributed by atoms with Crippen LogP contribution in [0.15, 0.2) is 11.4 Å². The maximum absolute atomic E-state index is 15.2. The zero-order valence-corrected chi connectivity index (χ0v) is 18.8. The summed E-state index contributed by atoms with van der Waals surface area (Å²) in [5.74, 6) is -0.937. The number of halogens is 2. The molecule has 31 heavy (non-hydrogen) atoms.